The summed E-state index contributed by atoms with van der Waals surface area (Å²) in [4.78, 5) is 35.1. The molecule has 8 nitrogen and oxygen atoms in total. The summed E-state index contributed by atoms with van der Waals surface area (Å²) >= 11 is 0. The molecule has 31 heavy (non-hydrogen) atoms. The monoisotopic (exact) mass is 416 g/mol. The molecule has 4 aromatic rings. The van der Waals surface area contributed by atoms with Crippen LogP contribution in [0.5, 0.6) is 0 Å². The standard InChI is InChI=1S/C23H24N6O2/c30-20-5-3-15-4-6-21(31)29-19(14-28(20)23(15)29)27-10-7-17(8-11-27)25-13-18-12-16-2-1-9-24-22(16)26-18/h1-6,9,12,17,19,25H,7-8,10-11,13-14H2,(H,24,26). The lowest BCUT2D eigenvalue weighted by molar-refractivity contribution is 0.0969. The maximum Gasteiger partial charge on any atom is 0.253 e. The molecule has 1 atom stereocenters. The quantitative estimate of drug-likeness (QED) is 0.530. The molecule has 6 heterocycles. The molecule has 2 N–H and O–H groups in total. The van der Waals surface area contributed by atoms with E-state index in [1.54, 1.807) is 22.9 Å². The van der Waals surface area contributed by atoms with Gasteiger partial charge in [0, 0.05) is 60.5 Å². The molecule has 4 aromatic heterocycles. The Bertz CT molecular complexity index is 1350. The van der Waals surface area contributed by atoms with Crippen molar-refractivity contribution in [3.05, 3.63) is 75.1 Å². The van der Waals surface area contributed by atoms with Crippen LogP contribution >= 0.6 is 0 Å². The van der Waals surface area contributed by atoms with Gasteiger partial charge in [-0.1, -0.05) is 0 Å². The second-order valence-corrected chi connectivity index (χ2v) is 8.51. The number of rotatable bonds is 4. The van der Waals surface area contributed by atoms with E-state index in [1.807, 2.05) is 22.8 Å². The van der Waals surface area contributed by atoms with Crippen LogP contribution in [0.3, 0.4) is 0 Å². The molecule has 0 radical (unpaired) electrons. The average Bonchev–Trinajstić information content (AvgIpc) is 3.40. The summed E-state index contributed by atoms with van der Waals surface area (Å²) in [5, 5.41) is 5.72. The molecule has 1 saturated heterocycles. The molecule has 158 valence electrons. The largest absolute Gasteiger partial charge is 0.342 e. The molecule has 2 aliphatic heterocycles. The third-order valence-electron chi connectivity index (χ3n) is 6.68. The van der Waals surface area contributed by atoms with Crippen LogP contribution in [0.1, 0.15) is 24.7 Å². The van der Waals surface area contributed by atoms with Gasteiger partial charge in [-0.15, -0.1) is 0 Å². The summed E-state index contributed by atoms with van der Waals surface area (Å²) in [6.45, 7) is 3.10. The van der Waals surface area contributed by atoms with Crippen LogP contribution in [0.25, 0.3) is 22.1 Å². The van der Waals surface area contributed by atoms with Crippen LogP contribution in [0.2, 0.25) is 0 Å². The molecule has 0 aliphatic carbocycles. The number of aromatic nitrogens is 4. The molecule has 2 aliphatic rings. The predicted octanol–water partition coefficient (Wildman–Crippen LogP) is 1.81. The number of nitrogens with one attached hydrogen (secondary N) is 2. The summed E-state index contributed by atoms with van der Waals surface area (Å²) in [5.74, 6) is 0. The number of pyridine rings is 3. The van der Waals surface area contributed by atoms with Crippen LogP contribution in [0, 0.1) is 0 Å². The van der Waals surface area contributed by atoms with Gasteiger partial charge in [0.25, 0.3) is 11.1 Å². The summed E-state index contributed by atoms with van der Waals surface area (Å²) in [7, 11) is 0. The highest BCUT2D eigenvalue weighted by atomic mass is 16.1. The minimum absolute atomic E-state index is 0.0398. The molecule has 0 amide bonds. The number of H-pyrrole nitrogens is 1. The Balaban J connectivity index is 1.15. The van der Waals surface area contributed by atoms with Crippen LogP contribution < -0.4 is 16.4 Å². The third-order valence-corrected chi connectivity index (χ3v) is 6.68. The van der Waals surface area contributed by atoms with Crippen molar-refractivity contribution in [1.82, 2.24) is 29.3 Å². The van der Waals surface area contributed by atoms with Gasteiger partial charge in [-0.2, -0.15) is 0 Å². The zero-order valence-electron chi connectivity index (χ0n) is 17.1. The lowest BCUT2D eigenvalue weighted by Crippen LogP contribution is -2.46. The number of likely N-dealkylation sites (tertiary alicyclic amines) is 1. The van der Waals surface area contributed by atoms with Gasteiger partial charge >= 0.3 is 0 Å². The number of aromatic amines is 1. The fourth-order valence-corrected chi connectivity index (χ4v) is 5.08. The van der Waals surface area contributed by atoms with Gasteiger partial charge in [0.05, 0.1) is 6.54 Å². The summed E-state index contributed by atoms with van der Waals surface area (Å²) in [6.07, 6.45) is 3.72. The van der Waals surface area contributed by atoms with Crippen LogP contribution in [-0.2, 0) is 13.1 Å². The molecule has 0 spiro atoms. The first kappa shape index (κ1) is 18.5. The van der Waals surface area contributed by atoms with Gasteiger partial charge in [-0.05, 0) is 43.2 Å². The van der Waals surface area contributed by atoms with Gasteiger partial charge < -0.3 is 10.3 Å². The fraction of sp³-hybridized carbons (Fsp3) is 0.348. The minimum atomic E-state index is -0.0907. The number of hydrogen-bond acceptors (Lipinski definition) is 5. The van der Waals surface area contributed by atoms with E-state index in [1.165, 1.54) is 0 Å². The Kier molecular flexibility index (Phi) is 4.29. The van der Waals surface area contributed by atoms with Gasteiger partial charge in [-0.3, -0.25) is 23.6 Å². The van der Waals surface area contributed by atoms with Crippen molar-refractivity contribution in [2.45, 2.75) is 38.1 Å². The molecular weight excluding hydrogens is 392 g/mol. The number of hydrogen-bond donors (Lipinski definition) is 2. The first-order valence-corrected chi connectivity index (χ1v) is 10.8. The van der Waals surface area contributed by atoms with E-state index in [4.69, 9.17) is 0 Å². The summed E-state index contributed by atoms with van der Waals surface area (Å²) in [5.41, 5.74) is 2.73. The normalized spacial score (nSPS) is 19.5. The van der Waals surface area contributed by atoms with E-state index in [-0.39, 0.29) is 17.3 Å². The first-order chi connectivity index (χ1) is 15.2. The molecular formula is C23H24N6O2. The number of piperidine rings is 1. The van der Waals surface area contributed by atoms with E-state index in [0.29, 0.717) is 12.6 Å². The van der Waals surface area contributed by atoms with Crippen molar-refractivity contribution in [2.75, 3.05) is 13.1 Å². The maximum absolute atomic E-state index is 12.7. The first-order valence-electron chi connectivity index (χ1n) is 10.8. The average molecular weight is 416 g/mol. The van der Waals surface area contributed by atoms with Crippen molar-refractivity contribution in [3.63, 3.8) is 0 Å². The Morgan fingerprint density at radius 1 is 1.03 bits per heavy atom. The van der Waals surface area contributed by atoms with Crippen molar-refractivity contribution >= 4 is 22.1 Å². The van der Waals surface area contributed by atoms with E-state index in [2.05, 4.69) is 32.3 Å². The zero-order valence-corrected chi connectivity index (χ0v) is 17.1. The van der Waals surface area contributed by atoms with E-state index >= 15 is 0 Å². The Labute approximate surface area is 178 Å². The molecule has 0 saturated carbocycles. The molecule has 0 bridgehead atoms. The van der Waals surface area contributed by atoms with E-state index in [9.17, 15) is 9.59 Å². The van der Waals surface area contributed by atoms with E-state index in [0.717, 1.165) is 60.2 Å². The highest BCUT2D eigenvalue weighted by molar-refractivity contribution is 5.76. The zero-order chi connectivity index (χ0) is 20.9. The molecule has 1 fully saturated rings. The van der Waals surface area contributed by atoms with Gasteiger partial charge in [-0.25, -0.2) is 4.98 Å². The SMILES string of the molecule is O=c1ccc2ccc(=O)n3c2n1CC3N1CCC(NCc2cc3cccnc3[nH]2)CC1. The van der Waals surface area contributed by atoms with Crippen LogP contribution in [-0.4, -0.2) is 43.1 Å². The van der Waals surface area contributed by atoms with E-state index < -0.39 is 0 Å². The van der Waals surface area contributed by atoms with Gasteiger partial charge in [0.1, 0.15) is 17.5 Å². The minimum Gasteiger partial charge on any atom is -0.342 e. The maximum atomic E-state index is 12.7. The topological polar surface area (TPSA) is 87.9 Å². The molecule has 1 unspecified atom stereocenters. The highest BCUT2D eigenvalue weighted by Gasteiger charge is 2.32. The molecule has 8 heteroatoms. The van der Waals surface area contributed by atoms with Crippen LogP contribution in [0.15, 0.2) is 58.3 Å². The Morgan fingerprint density at radius 3 is 2.65 bits per heavy atom. The van der Waals surface area contributed by atoms with Crippen molar-refractivity contribution in [3.8, 4) is 0 Å². The second-order valence-electron chi connectivity index (χ2n) is 8.51. The summed E-state index contributed by atoms with van der Waals surface area (Å²) in [6, 6.07) is 13.4. The highest BCUT2D eigenvalue weighted by Crippen LogP contribution is 2.28. The lowest BCUT2D eigenvalue weighted by Gasteiger charge is -2.36. The molecule has 6 rings (SSSR count). The Morgan fingerprint density at radius 2 is 1.84 bits per heavy atom. The Hall–Kier alpha value is -3.23. The van der Waals surface area contributed by atoms with Crippen LogP contribution in [0.4, 0.5) is 0 Å². The number of fused-ring (bicyclic) bond motifs is 1. The third kappa shape index (κ3) is 3.10. The second kappa shape index (κ2) is 7.18. The lowest BCUT2D eigenvalue weighted by atomic mass is 10.0. The number of nitrogens with zero attached hydrogens (tertiary/aromatic N) is 4. The van der Waals surface area contributed by atoms with Gasteiger partial charge in [0.15, 0.2) is 0 Å². The summed E-state index contributed by atoms with van der Waals surface area (Å²) < 4.78 is 3.55. The smallest absolute Gasteiger partial charge is 0.253 e. The molecule has 0 aromatic carbocycles. The predicted molar refractivity (Wildman–Crippen MR) is 119 cm³/mol. The van der Waals surface area contributed by atoms with Crippen molar-refractivity contribution in [2.24, 2.45) is 0 Å². The van der Waals surface area contributed by atoms with Gasteiger partial charge in [0.2, 0.25) is 0 Å². The fourth-order valence-electron chi connectivity index (χ4n) is 5.08. The van der Waals surface area contributed by atoms with Crippen molar-refractivity contribution in [1.29, 1.82) is 0 Å². The van der Waals surface area contributed by atoms with Crippen molar-refractivity contribution < 1.29 is 0 Å².